The van der Waals surface area contributed by atoms with Crippen LogP contribution in [0.2, 0.25) is 0 Å². The number of nitrogens with zero attached hydrogens (tertiary/aromatic N) is 2. The number of rotatable bonds is 6. The van der Waals surface area contributed by atoms with Gasteiger partial charge in [-0.1, -0.05) is 6.92 Å². The van der Waals surface area contributed by atoms with E-state index in [0.29, 0.717) is 10.7 Å². The van der Waals surface area contributed by atoms with Gasteiger partial charge in [0.05, 0.1) is 0 Å². The number of carbonyl (C=O) groups is 1. The second kappa shape index (κ2) is 7.70. The van der Waals surface area contributed by atoms with Crippen molar-refractivity contribution in [3.63, 3.8) is 0 Å². The number of aromatic nitrogens is 3. The number of hydrogen-bond acceptors (Lipinski definition) is 4. The average Bonchev–Trinajstić information content (AvgIpc) is 2.81. The SMILES string of the molecule is CCCc1n[nH]c(=S)n1CC(=O)NC(C)C1CCOCC1. The third kappa shape index (κ3) is 4.38. The van der Waals surface area contributed by atoms with Crippen LogP contribution in [-0.2, 0) is 22.5 Å². The number of nitrogens with one attached hydrogen (secondary N) is 2. The van der Waals surface area contributed by atoms with Crippen molar-refractivity contribution in [3.8, 4) is 0 Å². The summed E-state index contributed by atoms with van der Waals surface area (Å²) >= 11 is 5.19. The number of H-pyrrole nitrogens is 1. The summed E-state index contributed by atoms with van der Waals surface area (Å²) in [4.78, 5) is 12.2. The molecule has 1 atom stereocenters. The highest BCUT2D eigenvalue weighted by molar-refractivity contribution is 7.71. The highest BCUT2D eigenvalue weighted by Gasteiger charge is 2.22. The van der Waals surface area contributed by atoms with Gasteiger partial charge in [0.15, 0.2) is 4.77 Å². The van der Waals surface area contributed by atoms with Gasteiger partial charge in [-0.25, -0.2) is 0 Å². The van der Waals surface area contributed by atoms with Gasteiger partial charge in [-0.05, 0) is 44.3 Å². The molecule has 2 heterocycles. The van der Waals surface area contributed by atoms with E-state index in [-0.39, 0.29) is 18.5 Å². The Labute approximate surface area is 130 Å². The van der Waals surface area contributed by atoms with Crippen LogP contribution in [0.3, 0.4) is 0 Å². The largest absolute Gasteiger partial charge is 0.381 e. The van der Waals surface area contributed by atoms with E-state index in [2.05, 4.69) is 29.4 Å². The Hall–Kier alpha value is -1.21. The topological polar surface area (TPSA) is 71.9 Å². The summed E-state index contributed by atoms with van der Waals surface area (Å²) in [5.74, 6) is 1.33. The van der Waals surface area contributed by atoms with Gasteiger partial charge in [0.2, 0.25) is 5.91 Å². The molecule has 1 amide bonds. The van der Waals surface area contributed by atoms with Crippen LogP contribution in [0.25, 0.3) is 0 Å². The van der Waals surface area contributed by atoms with Crippen LogP contribution in [0, 0.1) is 10.7 Å². The third-order valence-corrected chi connectivity index (χ3v) is 4.29. The van der Waals surface area contributed by atoms with Crippen molar-refractivity contribution in [3.05, 3.63) is 10.6 Å². The molecule has 1 saturated heterocycles. The molecular formula is C14H24N4O2S. The van der Waals surface area contributed by atoms with E-state index in [9.17, 15) is 4.79 Å². The zero-order valence-electron chi connectivity index (χ0n) is 12.7. The minimum atomic E-state index is -0.0103. The van der Waals surface area contributed by atoms with Crippen LogP contribution in [0.1, 0.15) is 38.9 Å². The maximum Gasteiger partial charge on any atom is 0.240 e. The number of amides is 1. The molecular weight excluding hydrogens is 288 g/mol. The van der Waals surface area contributed by atoms with E-state index in [4.69, 9.17) is 17.0 Å². The van der Waals surface area contributed by atoms with E-state index in [1.54, 1.807) is 4.57 Å². The zero-order chi connectivity index (χ0) is 15.2. The van der Waals surface area contributed by atoms with Crippen LogP contribution in [-0.4, -0.2) is 39.9 Å². The normalized spacial score (nSPS) is 17.6. The molecule has 1 unspecified atom stereocenters. The van der Waals surface area contributed by atoms with Crippen LogP contribution >= 0.6 is 12.2 Å². The van der Waals surface area contributed by atoms with Crippen molar-refractivity contribution in [1.82, 2.24) is 20.1 Å². The quantitative estimate of drug-likeness (QED) is 0.786. The Morgan fingerprint density at radius 3 is 2.95 bits per heavy atom. The first-order valence-corrected chi connectivity index (χ1v) is 8.03. The minimum Gasteiger partial charge on any atom is -0.381 e. The van der Waals surface area contributed by atoms with Crippen molar-refractivity contribution in [2.75, 3.05) is 13.2 Å². The Bertz CT molecular complexity index is 519. The summed E-state index contributed by atoms with van der Waals surface area (Å²) in [6.07, 6.45) is 3.80. The monoisotopic (exact) mass is 312 g/mol. The Morgan fingerprint density at radius 2 is 2.29 bits per heavy atom. The van der Waals surface area contributed by atoms with Gasteiger partial charge in [0.25, 0.3) is 0 Å². The summed E-state index contributed by atoms with van der Waals surface area (Å²) in [7, 11) is 0. The zero-order valence-corrected chi connectivity index (χ0v) is 13.5. The molecule has 0 aromatic carbocycles. The fraction of sp³-hybridized carbons (Fsp3) is 0.786. The molecule has 0 radical (unpaired) electrons. The lowest BCUT2D eigenvalue weighted by Gasteiger charge is -2.28. The van der Waals surface area contributed by atoms with Crippen LogP contribution in [0.5, 0.6) is 0 Å². The fourth-order valence-corrected chi connectivity index (χ4v) is 2.92. The first-order chi connectivity index (χ1) is 10.1. The third-order valence-electron chi connectivity index (χ3n) is 3.97. The van der Waals surface area contributed by atoms with Crippen molar-refractivity contribution >= 4 is 18.1 Å². The second-order valence-electron chi connectivity index (χ2n) is 5.59. The fourth-order valence-electron chi connectivity index (χ4n) is 2.70. The molecule has 1 aliphatic heterocycles. The predicted molar refractivity (Wildman–Crippen MR) is 82.6 cm³/mol. The lowest BCUT2D eigenvalue weighted by Crippen LogP contribution is -2.41. The van der Waals surface area contributed by atoms with Crippen molar-refractivity contribution in [1.29, 1.82) is 0 Å². The molecule has 6 nitrogen and oxygen atoms in total. The van der Waals surface area contributed by atoms with E-state index in [1.165, 1.54) is 0 Å². The van der Waals surface area contributed by atoms with Gasteiger partial charge in [0, 0.05) is 25.7 Å². The van der Waals surface area contributed by atoms with Gasteiger partial charge in [-0.15, -0.1) is 0 Å². The summed E-state index contributed by atoms with van der Waals surface area (Å²) in [6, 6.07) is 0.164. The molecule has 0 saturated carbocycles. The molecule has 0 bridgehead atoms. The number of aromatic amines is 1. The van der Waals surface area contributed by atoms with Crippen molar-refractivity contribution in [2.45, 2.75) is 52.1 Å². The molecule has 1 aromatic heterocycles. The smallest absolute Gasteiger partial charge is 0.240 e. The standard InChI is InChI=1S/C14H24N4O2S/c1-3-4-12-16-17-14(21)18(12)9-13(19)15-10(2)11-5-7-20-8-6-11/h10-11H,3-9H2,1-2H3,(H,15,19)(H,17,21). The summed E-state index contributed by atoms with van der Waals surface area (Å²) < 4.78 is 7.64. The minimum absolute atomic E-state index is 0.0103. The molecule has 21 heavy (non-hydrogen) atoms. The number of hydrogen-bond donors (Lipinski definition) is 2. The maximum absolute atomic E-state index is 12.2. The highest BCUT2D eigenvalue weighted by Crippen LogP contribution is 2.18. The Balaban J connectivity index is 1.92. The molecule has 0 aliphatic carbocycles. The average molecular weight is 312 g/mol. The molecule has 0 spiro atoms. The van der Waals surface area contributed by atoms with E-state index >= 15 is 0 Å². The molecule has 2 rings (SSSR count). The van der Waals surface area contributed by atoms with E-state index in [1.807, 2.05) is 0 Å². The van der Waals surface area contributed by atoms with Crippen molar-refractivity contribution < 1.29 is 9.53 Å². The van der Waals surface area contributed by atoms with Gasteiger partial charge in [-0.3, -0.25) is 14.5 Å². The number of carbonyl (C=O) groups excluding carboxylic acids is 1. The molecule has 1 aliphatic rings. The van der Waals surface area contributed by atoms with E-state index in [0.717, 1.165) is 44.7 Å². The summed E-state index contributed by atoms with van der Waals surface area (Å²) in [6.45, 7) is 5.96. The molecule has 1 aromatic rings. The van der Waals surface area contributed by atoms with Gasteiger partial charge < -0.3 is 10.1 Å². The highest BCUT2D eigenvalue weighted by atomic mass is 32.1. The van der Waals surface area contributed by atoms with E-state index < -0.39 is 0 Å². The van der Waals surface area contributed by atoms with Crippen LogP contribution in [0.4, 0.5) is 0 Å². The first-order valence-electron chi connectivity index (χ1n) is 7.63. The lowest BCUT2D eigenvalue weighted by atomic mass is 9.93. The van der Waals surface area contributed by atoms with Crippen molar-refractivity contribution in [2.24, 2.45) is 5.92 Å². The maximum atomic E-state index is 12.2. The van der Waals surface area contributed by atoms with Gasteiger partial charge in [0.1, 0.15) is 12.4 Å². The second-order valence-corrected chi connectivity index (χ2v) is 5.97. The van der Waals surface area contributed by atoms with Gasteiger partial charge in [-0.2, -0.15) is 5.10 Å². The lowest BCUT2D eigenvalue weighted by molar-refractivity contribution is -0.123. The number of aryl methyl sites for hydroxylation is 1. The molecule has 118 valence electrons. The van der Waals surface area contributed by atoms with Crippen LogP contribution in [0.15, 0.2) is 0 Å². The molecule has 1 fully saturated rings. The predicted octanol–water partition coefficient (Wildman–Crippen LogP) is 1.82. The Morgan fingerprint density at radius 1 is 1.57 bits per heavy atom. The summed E-state index contributed by atoms with van der Waals surface area (Å²) in [5.41, 5.74) is 0. The molecule has 7 heteroatoms. The first kappa shape index (κ1) is 16.2. The summed E-state index contributed by atoms with van der Waals surface area (Å²) in [5, 5.41) is 10.0. The van der Waals surface area contributed by atoms with Gasteiger partial charge >= 0.3 is 0 Å². The number of ether oxygens (including phenoxy) is 1. The van der Waals surface area contributed by atoms with Crippen LogP contribution < -0.4 is 5.32 Å². The Kier molecular flexibility index (Phi) is 5.93. The molecule has 2 N–H and O–H groups in total.